The molecule has 1 heterocycles. The van der Waals surface area contributed by atoms with E-state index in [2.05, 4.69) is 5.32 Å². The van der Waals surface area contributed by atoms with Gasteiger partial charge in [-0.15, -0.1) is 0 Å². The number of aromatic hydroxyl groups is 1. The van der Waals surface area contributed by atoms with Crippen LogP contribution in [0, 0.1) is 0 Å². The summed E-state index contributed by atoms with van der Waals surface area (Å²) in [5.41, 5.74) is 1.28. The molecule has 2 rings (SSSR count). The van der Waals surface area contributed by atoms with Crippen LogP contribution in [-0.2, 0) is 22.5 Å². The van der Waals surface area contributed by atoms with E-state index in [0.29, 0.717) is 13.1 Å². The maximum atomic E-state index is 12.7. The van der Waals surface area contributed by atoms with Crippen molar-refractivity contribution in [1.29, 1.82) is 0 Å². The molecule has 0 aliphatic rings. The summed E-state index contributed by atoms with van der Waals surface area (Å²) in [5.74, 6) is -0.545. The first-order chi connectivity index (χ1) is 12.9. The first kappa shape index (κ1) is 22.0. The highest BCUT2D eigenvalue weighted by molar-refractivity contribution is 7.89. The van der Waals surface area contributed by atoms with Crippen molar-refractivity contribution in [3.8, 4) is 5.75 Å². The molecule has 0 spiro atoms. The normalized spacial score (nSPS) is 12.4. The predicted molar refractivity (Wildman–Crippen MR) is 110 cm³/mol. The van der Waals surface area contributed by atoms with Crippen LogP contribution in [0.3, 0.4) is 0 Å². The SMILES string of the molecule is CCN(CC)S(=O)(=O)c1cc(C(=O)Nc2cc(C(C)(C)C)ccc2O)n(C)c1. The summed E-state index contributed by atoms with van der Waals surface area (Å²) in [7, 11) is -2.05. The molecule has 8 heteroatoms. The number of phenols is 1. The third-order valence-corrected chi connectivity index (χ3v) is 6.68. The average molecular weight is 408 g/mol. The lowest BCUT2D eigenvalue weighted by molar-refractivity contribution is 0.101. The van der Waals surface area contributed by atoms with Crippen LogP contribution in [0.1, 0.15) is 50.7 Å². The Labute approximate surface area is 167 Å². The van der Waals surface area contributed by atoms with Gasteiger partial charge in [-0.05, 0) is 29.2 Å². The molecule has 1 aromatic heterocycles. The Hall–Kier alpha value is -2.32. The highest BCUT2D eigenvalue weighted by Gasteiger charge is 2.26. The van der Waals surface area contributed by atoms with Gasteiger partial charge < -0.3 is 15.0 Å². The van der Waals surface area contributed by atoms with Gasteiger partial charge in [0.25, 0.3) is 5.91 Å². The summed E-state index contributed by atoms with van der Waals surface area (Å²) in [6, 6.07) is 6.43. The number of aromatic nitrogens is 1. The largest absolute Gasteiger partial charge is 0.506 e. The van der Waals surface area contributed by atoms with Crippen LogP contribution in [0.25, 0.3) is 0 Å². The van der Waals surface area contributed by atoms with Crippen LogP contribution < -0.4 is 5.32 Å². The summed E-state index contributed by atoms with van der Waals surface area (Å²) in [5, 5.41) is 12.8. The standard InChI is InChI=1S/C20H29N3O4S/c1-7-23(8-2)28(26,27)15-12-17(22(6)13-15)19(25)21-16-11-14(20(3,4)5)9-10-18(16)24/h9-13,24H,7-8H2,1-6H3,(H,21,25). The monoisotopic (exact) mass is 407 g/mol. The minimum atomic E-state index is -3.66. The molecule has 0 aliphatic heterocycles. The molecule has 0 aliphatic carbocycles. The minimum absolute atomic E-state index is 0.0495. The van der Waals surface area contributed by atoms with E-state index >= 15 is 0 Å². The Balaban J connectivity index is 2.36. The molecule has 1 amide bonds. The minimum Gasteiger partial charge on any atom is -0.506 e. The molecule has 2 N–H and O–H groups in total. The number of phenolic OH excluding ortho intramolecular Hbond substituents is 1. The fraction of sp³-hybridized carbons (Fsp3) is 0.450. The van der Waals surface area contributed by atoms with Crippen LogP contribution >= 0.6 is 0 Å². The summed E-state index contributed by atoms with van der Waals surface area (Å²) in [6.07, 6.45) is 1.42. The van der Waals surface area contributed by atoms with E-state index in [4.69, 9.17) is 0 Å². The van der Waals surface area contributed by atoms with Crippen LogP contribution in [0.4, 0.5) is 5.69 Å². The second-order valence-electron chi connectivity index (χ2n) is 7.70. The van der Waals surface area contributed by atoms with Crippen molar-refractivity contribution >= 4 is 21.6 Å². The van der Waals surface area contributed by atoms with E-state index in [1.165, 1.54) is 27.2 Å². The van der Waals surface area contributed by atoms with Crippen molar-refractivity contribution in [3.05, 3.63) is 41.7 Å². The summed E-state index contributed by atoms with van der Waals surface area (Å²) < 4.78 is 28.2. The lowest BCUT2D eigenvalue weighted by Crippen LogP contribution is -2.30. The molecule has 7 nitrogen and oxygen atoms in total. The fourth-order valence-electron chi connectivity index (χ4n) is 2.90. The number of carbonyl (C=O) groups excluding carboxylic acids is 1. The van der Waals surface area contributed by atoms with Crippen LogP contribution in [0.5, 0.6) is 5.75 Å². The zero-order chi connectivity index (χ0) is 21.3. The number of anilines is 1. The van der Waals surface area contributed by atoms with E-state index in [1.807, 2.05) is 26.8 Å². The number of carbonyl (C=O) groups is 1. The lowest BCUT2D eigenvalue weighted by atomic mass is 9.87. The van der Waals surface area contributed by atoms with Gasteiger partial charge in [-0.3, -0.25) is 4.79 Å². The predicted octanol–water partition coefficient (Wildman–Crippen LogP) is 3.31. The molecule has 0 saturated carbocycles. The second-order valence-corrected chi connectivity index (χ2v) is 9.64. The molecule has 0 fully saturated rings. The number of benzene rings is 1. The highest BCUT2D eigenvalue weighted by atomic mass is 32.2. The molecule has 28 heavy (non-hydrogen) atoms. The van der Waals surface area contributed by atoms with E-state index in [-0.39, 0.29) is 27.4 Å². The molecule has 2 aromatic rings. The third kappa shape index (κ3) is 4.39. The summed E-state index contributed by atoms with van der Waals surface area (Å²) >= 11 is 0. The van der Waals surface area contributed by atoms with Gasteiger partial charge in [0.2, 0.25) is 10.0 Å². The topological polar surface area (TPSA) is 91.6 Å². The number of rotatable bonds is 6. The molecular weight excluding hydrogens is 378 g/mol. The van der Waals surface area contributed by atoms with Gasteiger partial charge >= 0.3 is 0 Å². The van der Waals surface area contributed by atoms with Crippen LogP contribution in [-0.4, -0.2) is 41.4 Å². The van der Waals surface area contributed by atoms with Gasteiger partial charge in [0, 0.05) is 26.3 Å². The number of nitrogens with one attached hydrogen (secondary N) is 1. The maximum Gasteiger partial charge on any atom is 0.272 e. The van der Waals surface area contributed by atoms with Gasteiger partial charge in [0.1, 0.15) is 16.3 Å². The first-order valence-electron chi connectivity index (χ1n) is 9.23. The summed E-state index contributed by atoms with van der Waals surface area (Å²) in [6.45, 7) is 10.3. The Morgan fingerprint density at radius 1 is 1.18 bits per heavy atom. The fourth-order valence-corrected chi connectivity index (χ4v) is 4.43. The number of sulfonamides is 1. The molecule has 0 atom stereocenters. The Morgan fingerprint density at radius 3 is 2.32 bits per heavy atom. The summed E-state index contributed by atoms with van der Waals surface area (Å²) in [4.78, 5) is 12.8. The van der Waals surface area contributed by atoms with Gasteiger partial charge in [-0.1, -0.05) is 40.7 Å². The molecular formula is C20H29N3O4S. The highest BCUT2D eigenvalue weighted by Crippen LogP contribution is 2.31. The van der Waals surface area contributed by atoms with E-state index < -0.39 is 15.9 Å². The van der Waals surface area contributed by atoms with E-state index in [9.17, 15) is 18.3 Å². The molecule has 0 saturated heterocycles. The van der Waals surface area contributed by atoms with Gasteiger partial charge in [0.05, 0.1) is 5.69 Å². The molecule has 1 aromatic carbocycles. The lowest BCUT2D eigenvalue weighted by Gasteiger charge is -2.20. The number of hydrogen-bond acceptors (Lipinski definition) is 4. The van der Waals surface area contributed by atoms with Crippen molar-refractivity contribution in [2.24, 2.45) is 7.05 Å². The zero-order valence-electron chi connectivity index (χ0n) is 17.3. The molecule has 0 unspecified atom stereocenters. The number of aryl methyl sites for hydroxylation is 1. The maximum absolute atomic E-state index is 12.7. The molecule has 0 bridgehead atoms. The second kappa shape index (κ2) is 7.97. The third-order valence-electron chi connectivity index (χ3n) is 4.67. The zero-order valence-corrected chi connectivity index (χ0v) is 18.1. The van der Waals surface area contributed by atoms with Crippen molar-refractivity contribution in [1.82, 2.24) is 8.87 Å². The van der Waals surface area contributed by atoms with Crippen molar-refractivity contribution in [2.75, 3.05) is 18.4 Å². The Bertz CT molecular complexity index is 968. The van der Waals surface area contributed by atoms with E-state index in [1.54, 1.807) is 27.0 Å². The number of amides is 1. The van der Waals surface area contributed by atoms with Crippen LogP contribution in [0.15, 0.2) is 35.4 Å². The average Bonchev–Trinajstić information content (AvgIpc) is 2.99. The molecule has 0 radical (unpaired) electrons. The van der Waals surface area contributed by atoms with E-state index in [0.717, 1.165) is 5.56 Å². The number of nitrogens with zero attached hydrogens (tertiary/aromatic N) is 2. The quantitative estimate of drug-likeness (QED) is 0.719. The van der Waals surface area contributed by atoms with Crippen molar-refractivity contribution < 1.29 is 18.3 Å². The van der Waals surface area contributed by atoms with Gasteiger partial charge in [-0.2, -0.15) is 4.31 Å². The number of hydrogen-bond donors (Lipinski definition) is 2. The molecule has 154 valence electrons. The van der Waals surface area contributed by atoms with Crippen molar-refractivity contribution in [2.45, 2.75) is 44.9 Å². The Kier molecular flexibility index (Phi) is 6.25. The first-order valence-corrected chi connectivity index (χ1v) is 10.7. The van der Waals surface area contributed by atoms with Gasteiger partial charge in [-0.25, -0.2) is 8.42 Å². The van der Waals surface area contributed by atoms with Crippen LogP contribution in [0.2, 0.25) is 0 Å². The van der Waals surface area contributed by atoms with Gasteiger partial charge in [0.15, 0.2) is 0 Å². The smallest absolute Gasteiger partial charge is 0.272 e. The Morgan fingerprint density at radius 2 is 1.79 bits per heavy atom. The van der Waals surface area contributed by atoms with Crippen molar-refractivity contribution in [3.63, 3.8) is 0 Å².